The first kappa shape index (κ1) is 15.3. The summed E-state index contributed by atoms with van der Waals surface area (Å²) >= 11 is 1.47. The average molecular weight is 307 g/mol. The molecule has 0 bridgehead atoms. The lowest BCUT2D eigenvalue weighted by atomic mass is 9.95. The molecule has 1 aliphatic rings. The third-order valence-corrected chi connectivity index (χ3v) is 4.90. The molecule has 112 valence electrons. The lowest BCUT2D eigenvalue weighted by Crippen LogP contribution is -2.28. The van der Waals surface area contributed by atoms with Crippen LogP contribution in [0.1, 0.15) is 40.1 Å². The van der Waals surface area contributed by atoms with Crippen molar-refractivity contribution in [2.75, 3.05) is 18.0 Å². The van der Waals surface area contributed by atoms with Crippen LogP contribution in [0, 0.1) is 11.3 Å². The highest BCUT2D eigenvalue weighted by Crippen LogP contribution is 2.40. The van der Waals surface area contributed by atoms with Crippen LogP contribution in [0.4, 0.5) is 5.00 Å². The zero-order valence-electron chi connectivity index (χ0n) is 11.6. The molecule has 21 heavy (non-hydrogen) atoms. The summed E-state index contributed by atoms with van der Waals surface area (Å²) < 4.78 is 0. The van der Waals surface area contributed by atoms with Crippen LogP contribution in [-0.2, 0) is 17.6 Å². The van der Waals surface area contributed by atoms with Gasteiger partial charge < -0.3 is 15.7 Å². The Hall–Kier alpha value is -2.07. The number of hydrogen-bond donors (Lipinski definition) is 2. The summed E-state index contributed by atoms with van der Waals surface area (Å²) in [4.78, 5) is 25.4. The number of anilines is 1. The molecule has 6 nitrogen and oxygen atoms in total. The molecule has 1 aromatic heterocycles. The highest BCUT2D eigenvalue weighted by atomic mass is 32.1. The van der Waals surface area contributed by atoms with Crippen molar-refractivity contribution in [3.63, 3.8) is 0 Å². The molecule has 0 unspecified atom stereocenters. The highest BCUT2D eigenvalue weighted by Gasteiger charge is 2.27. The van der Waals surface area contributed by atoms with E-state index in [1.165, 1.54) is 11.3 Å². The standard InChI is InChI=1S/C14H17N3O3S/c15-6-8-17(7-5-11(18)19)14-12(13(16)20)9-3-1-2-4-10(9)21-14/h1-5,7-8H2,(H2,16,20)(H,18,19). The molecule has 0 spiro atoms. The Morgan fingerprint density at radius 3 is 2.71 bits per heavy atom. The molecule has 0 fully saturated rings. The van der Waals surface area contributed by atoms with Crippen molar-refractivity contribution in [3.05, 3.63) is 16.0 Å². The second kappa shape index (κ2) is 6.59. The third kappa shape index (κ3) is 3.34. The number of rotatable bonds is 6. The van der Waals surface area contributed by atoms with E-state index in [4.69, 9.17) is 16.1 Å². The van der Waals surface area contributed by atoms with Crippen molar-refractivity contribution < 1.29 is 14.7 Å². The third-order valence-electron chi connectivity index (χ3n) is 3.54. The van der Waals surface area contributed by atoms with E-state index in [1.54, 1.807) is 4.90 Å². The number of amides is 1. The van der Waals surface area contributed by atoms with Gasteiger partial charge in [-0.1, -0.05) is 0 Å². The van der Waals surface area contributed by atoms with Crippen molar-refractivity contribution in [3.8, 4) is 6.07 Å². The monoisotopic (exact) mass is 307 g/mol. The maximum Gasteiger partial charge on any atom is 0.305 e. The Balaban J connectivity index is 2.39. The Morgan fingerprint density at radius 2 is 2.10 bits per heavy atom. The zero-order valence-corrected chi connectivity index (χ0v) is 12.4. The predicted molar refractivity (Wildman–Crippen MR) is 79.6 cm³/mol. The van der Waals surface area contributed by atoms with E-state index in [0.717, 1.165) is 36.1 Å². The molecule has 2 rings (SSSR count). The van der Waals surface area contributed by atoms with Crippen molar-refractivity contribution in [2.45, 2.75) is 32.1 Å². The summed E-state index contributed by atoms with van der Waals surface area (Å²) in [5.41, 5.74) is 6.99. The highest BCUT2D eigenvalue weighted by molar-refractivity contribution is 7.16. The average Bonchev–Trinajstić information content (AvgIpc) is 2.82. The first-order valence-electron chi connectivity index (χ1n) is 6.82. The van der Waals surface area contributed by atoms with Gasteiger partial charge in [0.05, 0.1) is 18.1 Å². The molecule has 7 heteroatoms. The van der Waals surface area contributed by atoms with Gasteiger partial charge in [-0.2, -0.15) is 5.26 Å². The summed E-state index contributed by atoms with van der Waals surface area (Å²) in [6, 6.07) is 2.02. The molecule has 1 aromatic rings. The summed E-state index contributed by atoms with van der Waals surface area (Å²) in [5, 5.41) is 18.4. The van der Waals surface area contributed by atoms with Crippen molar-refractivity contribution >= 4 is 28.2 Å². The number of nitrogens with zero attached hydrogens (tertiary/aromatic N) is 2. The summed E-state index contributed by atoms with van der Waals surface area (Å²) in [6.45, 7) is 0.246. The number of thiophene rings is 1. The number of carbonyl (C=O) groups is 2. The molecule has 1 aliphatic carbocycles. The van der Waals surface area contributed by atoms with Crippen LogP contribution >= 0.6 is 11.3 Å². The lowest BCUT2D eigenvalue weighted by molar-refractivity contribution is -0.136. The minimum Gasteiger partial charge on any atom is -0.481 e. The fourth-order valence-corrected chi connectivity index (χ4v) is 4.01. The number of nitrogens with two attached hydrogens (primary N) is 1. The van der Waals surface area contributed by atoms with Gasteiger partial charge in [0.1, 0.15) is 11.5 Å². The van der Waals surface area contributed by atoms with E-state index in [0.29, 0.717) is 10.6 Å². The topological polar surface area (TPSA) is 107 Å². The van der Waals surface area contributed by atoms with Crippen molar-refractivity contribution in [1.29, 1.82) is 5.26 Å². The molecular weight excluding hydrogens is 290 g/mol. The molecule has 0 radical (unpaired) electrons. The molecule has 1 heterocycles. The molecule has 0 saturated carbocycles. The Labute approximate surface area is 126 Å². The number of primary amides is 1. The van der Waals surface area contributed by atoms with E-state index in [2.05, 4.69) is 0 Å². The van der Waals surface area contributed by atoms with Gasteiger partial charge in [-0.25, -0.2) is 0 Å². The second-order valence-electron chi connectivity index (χ2n) is 4.98. The van der Waals surface area contributed by atoms with Crippen LogP contribution in [0.5, 0.6) is 0 Å². The minimum absolute atomic E-state index is 0.0486. The number of fused-ring (bicyclic) bond motifs is 1. The largest absolute Gasteiger partial charge is 0.481 e. The number of aliphatic carboxylic acids is 1. The molecule has 0 aromatic carbocycles. The van der Waals surface area contributed by atoms with E-state index in [1.807, 2.05) is 6.07 Å². The number of carboxylic acids is 1. The normalized spacial score (nSPS) is 13.3. The Kier molecular flexibility index (Phi) is 4.81. The fourth-order valence-electron chi connectivity index (χ4n) is 2.60. The number of carboxylic acid groups (broad SMARTS) is 1. The Bertz CT molecular complexity index is 603. The van der Waals surface area contributed by atoms with Crippen LogP contribution in [0.3, 0.4) is 0 Å². The van der Waals surface area contributed by atoms with Gasteiger partial charge in [-0.05, 0) is 31.2 Å². The molecule has 0 saturated heterocycles. The summed E-state index contributed by atoms with van der Waals surface area (Å²) in [5.74, 6) is -1.43. The van der Waals surface area contributed by atoms with Gasteiger partial charge >= 0.3 is 5.97 Å². The van der Waals surface area contributed by atoms with E-state index >= 15 is 0 Å². The fraction of sp³-hybridized carbons (Fsp3) is 0.500. The molecule has 3 N–H and O–H groups in total. The number of carbonyl (C=O) groups excluding carboxylic acids is 1. The van der Waals surface area contributed by atoms with Crippen LogP contribution in [0.2, 0.25) is 0 Å². The molecular formula is C14H17N3O3S. The minimum atomic E-state index is -0.931. The van der Waals surface area contributed by atoms with Gasteiger partial charge in [-0.3, -0.25) is 9.59 Å². The van der Waals surface area contributed by atoms with Crippen LogP contribution < -0.4 is 10.6 Å². The second-order valence-corrected chi connectivity index (χ2v) is 6.06. The smallest absolute Gasteiger partial charge is 0.305 e. The van der Waals surface area contributed by atoms with Crippen molar-refractivity contribution in [2.24, 2.45) is 5.73 Å². The van der Waals surface area contributed by atoms with Gasteiger partial charge in [0, 0.05) is 11.4 Å². The molecule has 0 aliphatic heterocycles. The quantitative estimate of drug-likeness (QED) is 0.775. The summed E-state index contributed by atoms with van der Waals surface area (Å²) in [6.07, 6.45) is 3.76. The van der Waals surface area contributed by atoms with Crippen LogP contribution in [0.25, 0.3) is 0 Å². The number of nitriles is 1. The van der Waals surface area contributed by atoms with E-state index < -0.39 is 11.9 Å². The maximum absolute atomic E-state index is 11.8. The Morgan fingerprint density at radius 1 is 1.38 bits per heavy atom. The SMILES string of the molecule is N#CCN(CCC(=O)O)c1sc2c(c1C(N)=O)CCCC2. The lowest BCUT2D eigenvalue weighted by Gasteiger charge is -2.20. The predicted octanol–water partition coefficient (Wildman–Crippen LogP) is 1.53. The first-order chi connectivity index (χ1) is 10.0. The summed E-state index contributed by atoms with van der Waals surface area (Å²) in [7, 11) is 0. The van der Waals surface area contributed by atoms with E-state index in [9.17, 15) is 9.59 Å². The van der Waals surface area contributed by atoms with Crippen molar-refractivity contribution in [1.82, 2.24) is 0 Å². The van der Waals surface area contributed by atoms with Crippen LogP contribution in [-0.4, -0.2) is 30.1 Å². The maximum atomic E-state index is 11.8. The van der Waals surface area contributed by atoms with Gasteiger partial charge in [0.2, 0.25) is 0 Å². The molecule has 1 amide bonds. The number of aryl methyl sites for hydroxylation is 1. The number of hydrogen-bond acceptors (Lipinski definition) is 5. The van der Waals surface area contributed by atoms with Gasteiger partial charge in [0.25, 0.3) is 5.91 Å². The molecule has 0 atom stereocenters. The van der Waals surface area contributed by atoms with Gasteiger partial charge in [0.15, 0.2) is 0 Å². The first-order valence-corrected chi connectivity index (χ1v) is 7.64. The van der Waals surface area contributed by atoms with Crippen LogP contribution in [0.15, 0.2) is 0 Å². The zero-order chi connectivity index (χ0) is 15.4. The van der Waals surface area contributed by atoms with Gasteiger partial charge in [-0.15, -0.1) is 11.3 Å². The van der Waals surface area contributed by atoms with E-state index in [-0.39, 0.29) is 19.5 Å².